The van der Waals surface area contributed by atoms with E-state index in [1.807, 2.05) is 24.3 Å². The summed E-state index contributed by atoms with van der Waals surface area (Å²) in [5.41, 5.74) is 4.25. The number of nitrogens with zero attached hydrogens (tertiary/aromatic N) is 2. The van der Waals surface area contributed by atoms with E-state index in [1.54, 1.807) is 13.3 Å². The molecule has 4 rings (SSSR count). The maximum atomic E-state index is 12.1. The van der Waals surface area contributed by atoms with Gasteiger partial charge in [-0.1, -0.05) is 19.3 Å². The highest BCUT2D eigenvalue weighted by molar-refractivity contribution is 7.99. The second kappa shape index (κ2) is 12.9. The molecule has 1 aromatic carbocycles. The number of thioether (sulfide) groups is 1. The molecule has 0 spiro atoms. The number of carboxylic acids is 1. The van der Waals surface area contributed by atoms with Crippen molar-refractivity contribution in [1.82, 2.24) is 15.4 Å². The maximum absolute atomic E-state index is 12.1. The van der Waals surface area contributed by atoms with Crippen LogP contribution >= 0.6 is 11.8 Å². The minimum atomic E-state index is -0.702. The van der Waals surface area contributed by atoms with Gasteiger partial charge >= 0.3 is 5.97 Å². The lowest BCUT2D eigenvalue weighted by Gasteiger charge is -2.37. The summed E-state index contributed by atoms with van der Waals surface area (Å²) in [5.74, 6) is 0.873. The van der Waals surface area contributed by atoms with E-state index in [9.17, 15) is 15.1 Å². The predicted octanol–water partition coefficient (Wildman–Crippen LogP) is 5.13. The van der Waals surface area contributed by atoms with Gasteiger partial charge in [-0.05, 0) is 74.4 Å². The normalized spacial score (nSPS) is 22.8. The van der Waals surface area contributed by atoms with Crippen molar-refractivity contribution in [2.75, 3.05) is 32.5 Å². The number of hydroxylamine groups is 1. The number of hydrogen-bond donors (Lipinski definition) is 3. The molecule has 2 fully saturated rings. The molecule has 0 amide bonds. The van der Waals surface area contributed by atoms with Crippen LogP contribution in [0, 0.1) is 11.8 Å². The zero-order valence-electron chi connectivity index (χ0n) is 20.7. The van der Waals surface area contributed by atoms with Crippen LogP contribution in [0.25, 0.3) is 10.9 Å². The predicted molar refractivity (Wildman–Crippen MR) is 140 cm³/mol. The third-order valence-electron chi connectivity index (χ3n) is 7.81. The van der Waals surface area contributed by atoms with Crippen LogP contribution in [-0.4, -0.2) is 63.9 Å². The van der Waals surface area contributed by atoms with Gasteiger partial charge in [0.2, 0.25) is 0 Å². The summed E-state index contributed by atoms with van der Waals surface area (Å²) in [6, 6.07) is 7.34. The standard InChI is InChI=1S/C27H39N3O4S/c1-34-20-8-10-25-23(17-20)22(11-13-28-25)26(29-33)9-7-19-12-14-30(18-24(19)27(31)32)15-16-35-21-5-3-2-4-6-21/h8,10-11,13,17,19,21,24,26,29,33H,2-7,9,12,14-16,18H2,1H3,(H,31,32)/t19-,24+,26-/m1/s1. The molecule has 1 aliphatic carbocycles. The lowest BCUT2D eigenvalue weighted by molar-refractivity contribution is -0.146. The molecule has 0 radical (unpaired) electrons. The molecule has 192 valence electrons. The fourth-order valence-corrected chi connectivity index (χ4v) is 7.09. The third kappa shape index (κ3) is 6.88. The number of nitrogens with one attached hydrogen (secondary N) is 1. The molecule has 3 N–H and O–H groups in total. The zero-order valence-corrected chi connectivity index (χ0v) is 21.5. The Morgan fingerprint density at radius 3 is 2.83 bits per heavy atom. The van der Waals surface area contributed by atoms with Gasteiger partial charge in [-0.3, -0.25) is 9.78 Å². The SMILES string of the molecule is COc1ccc2nccc([C@@H](CC[C@@H]3CCN(CCSC4CCCCC4)C[C@@H]3C(=O)O)NO)c2c1. The van der Waals surface area contributed by atoms with Crippen molar-refractivity contribution >= 4 is 28.6 Å². The van der Waals surface area contributed by atoms with E-state index in [0.29, 0.717) is 13.0 Å². The van der Waals surface area contributed by atoms with Crippen molar-refractivity contribution in [3.05, 3.63) is 36.0 Å². The van der Waals surface area contributed by atoms with E-state index in [1.165, 1.54) is 32.1 Å². The average Bonchev–Trinajstić information content (AvgIpc) is 2.89. The van der Waals surface area contributed by atoms with Crippen molar-refractivity contribution in [3.8, 4) is 5.75 Å². The number of fused-ring (bicyclic) bond motifs is 1. The van der Waals surface area contributed by atoms with Gasteiger partial charge in [-0.2, -0.15) is 17.2 Å². The first kappa shape index (κ1) is 26.2. The number of likely N-dealkylation sites (tertiary alicyclic amines) is 1. The number of carbonyl (C=O) groups is 1. The fraction of sp³-hybridized carbons (Fsp3) is 0.630. The lowest BCUT2D eigenvalue weighted by Crippen LogP contribution is -2.45. The highest BCUT2D eigenvalue weighted by Crippen LogP contribution is 2.34. The number of aliphatic carboxylic acids is 1. The molecule has 1 saturated heterocycles. The van der Waals surface area contributed by atoms with Gasteiger partial charge < -0.3 is 20.0 Å². The van der Waals surface area contributed by atoms with E-state index >= 15 is 0 Å². The monoisotopic (exact) mass is 501 g/mol. The topological polar surface area (TPSA) is 94.9 Å². The smallest absolute Gasteiger partial charge is 0.308 e. The van der Waals surface area contributed by atoms with Crippen LogP contribution in [0.15, 0.2) is 30.5 Å². The Labute approximate surface area is 212 Å². The van der Waals surface area contributed by atoms with E-state index in [0.717, 1.165) is 59.1 Å². The number of methoxy groups -OCH3 is 1. The first-order valence-electron chi connectivity index (χ1n) is 13.0. The summed E-state index contributed by atoms with van der Waals surface area (Å²) in [4.78, 5) is 18.9. The van der Waals surface area contributed by atoms with E-state index in [4.69, 9.17) is 4.74 Å². The first-order chi connectivity index (χ1) is 17.1. The number of hydrogen-bond acceptors (Lipinski definition) is 7. The zero-order chi connectivity index (χ0) is 24.6. The molecule has 3 atom stereocenters. The molecule has 8 heteroatoms. The van der Waals surface area contributed by atoms with Gasteiger partial charge in [0, 0.05) is 35.7 Å². The number of carboxylic acid groups (broad SMARTS) is 1. The van der Waals surface area contributed by atoms with Gasteiger partial charge in [0.1, 0.15) is 5.75 Å². The van der Waals surface area contributed by atoms with Crippen LogP contribution < -0.4 is 10.2 Å². The summed E-state index contributed by atoms with van der Waals surface area (Å²) in [6.07, 6.45) is 10.8. The number of piperidine rings is 1. The van der Waals surface area contributed by atoms with Crippen molar-refractivity contribution in [1.29, 1.82) is 0 Å². The van der Waals surface area contributed by atoms with E-state index in [-0.39, 0.29) is 17.9 Å². The molecule has 0 unspecified atom stereocenters. The summed E-state index contributed by atoms with van der Waals surface area (Å²) in [5, 5.41) is 21.7. The quantitative estimate of drug-likeness (QED) is 0.365. The average molecular weight is 502 g/mol. The van der Waals surface area contributed by atoms with Crippen molar-refractivity contribution < 1.29 is 19.8 Å². The van der Waals surface area contributed by atoms with Crippen LogP contribution in [0.3, 0.4) is 0 Å². The Bertz CT molecular complexity index is 969. The Morgan fingerprint density at radius 2 is 2.09 bits per heavy atom. The van der Waals surface area contributed by atoms with Crippen LogP contribution in [0.5, 0.6) is 5.75 Å². The Balaban J connectivity index is 1.34. The molecule has 1 aliphatic heterocycles. The Kier molecular flexibility index (Phi) is 9.66. The van der Waals surface area contributed by atoms with E-state index < -0.39 is 5.97 Å². The lowest BCUT2D eigenvalue weighted by atomic mass is 9.81. The summed E-state index contributed by atoms with van der Waals surface area (Å²) < 4.78 is 5.38. The van der Waals surface area contributed by atoms with Gasteiger partial charge in [0.15, 0.2) is 0 Å². The summed E-state index contributed by atoms with van der Waals surface area (Å²) in [7, 11) is 1.63. The first-order valence-corrected chi connectivity index (χ1v) is 14.0. The van der Waals surface area contributed by atoms with Crippen molar-refractivity contribution in [3.63, 3.8) is 0 Å². The van der Waals surface area contributed by atoms with Crippen molar-refractivity contribution in [2.24, 2.45) is 11.8 Å². The number of rotatable bonds is 11. The molecule has 0 bridgehead atoms. The largest absolute Gasteiger partial charge is 0.497 e. The third-order valence-corrected chi connectivity index (χ3v) is 9.17. The van der Waals surface area contributed by atoms with Crippen LogP contribution in [0.4, 0.5) is 0 Å². The Morgan fingerprint density at radius 1 is 1.26 bits per heavy atom. The second-order valence-corrected chi connectivity index (χ2v) is 11.4. The van der Waals surface area contributed by atoms with Crippen LogP contribution in [-0.2, 0) is 4.79 Å². The van der Waals surface area contributed by atoms with Gasteiger partial charge in [0.25, 0.3) is 0 Å². The fourth-order valence-electron chi connectivity index (χ4n) is 5.72. The number of pyridine rings is 1. The summed E-state index contributed by atoms with van der Waals surface area (Å²) in [6.45, 7) is 2.55. The minimum Gasteiger partial charge on any atom is -0.497 e. The second-order valence-electron chi connectivity index (χ2n) is 9.97. The molecular weight excluding hydrogens is 462 g/mol. The highest BCUT2D eigenvalue weighted by Gasteiger charge is 2.34. The number of aromatic nitrogens is 1. The summed E-state index contributed by atoms with van der Waals surface area (Å²) >= 11 is 2.08. The molecule has 1 saturated carbocycles. The molecule has 2 aromatic rings. The number of benzene rings is 1. The van der Waals surface area contributed by atoms with Crippen LogP contribution in [0.1, 0.15) is 63.0 Å². The van der Waals surface area contributed by atoms with E-state index in [2.05, 4.69) is 27.1 Å². The molecule has 2 heterocycles. The van der Waals surface area contributed by atoms with Gasteiger partial charge in [0.05, 0.1) is 24.6 Å². The van der Waals surface area contributed by atoms with Gasteiger partial charge in [-0.25, -0.2) is 0 Å². The van der Waals surface area contributed by atoms with Crippen molar-refractivity contribution in [2.45, 2.75) is 62.7 Å². The van der Waals surface area contributed by atoms with Gasteiger partial charge in [-0.15, -0.1) is 0 Å². The Hall–Kier alpha value is -1.87. The maximum Gasteiger partial charge on any atom is 0.308 e. The molecule has 1 aromatic heterocycles. The molecule has 7 nitrogen and oxygen atoms in total. The van der Waals surface area contributed by atoms with Crippen LogP contribution in [0.2, 0.25) is 0 Å². The minimum absolute atomic E-state index is 0.105. The highest BCUT2D eigenvalue weighted by atomic mass is 32.2. The molecule has 35 heavy (non-hydrogen) atoms. The molecule has 2 aliphatic rings. The number of ether oxygens (including phenoxy) is 1. The molecular formula is C27H39N3O4S.